The van der Waals surface area contributed by atoms with Gasteiger partial charge in [0.05, 0.1) is 0 Å². The highest BCUT2D eigenvalue weighted by Gasteiger charge is 1.85. The maximum absolute atomic E-state index is 2.12. The second kappa shape index (κ2) is 17.3. The molecule has 0 bridgehead atoms. The minimum atomic E-state index is 0. The monoisotopic (exact) mass is 326 g/mol. The Morgan fingerprint density at radius 2 is 0.625 bits per heavy atom. The van der Waals surface area contributed by atoms with Gasteiger partial charge >= 0.3 is 0 Å². The average Bonchev–Trinajstić information content (AvgIpc) is 2.62. The maximum Gasteiger partial charge on any atom is -0.0184 e. The molecule has 0 saturated heterocycles. The lowest BCUT2D eigenvalue weighted by molar-refractivity contribution is 1.40. The van der Waals surface area contributed by atoms with E-state index in [-0.39, 0.29) is 14.9 Å². The number of fused-ring (bicyclic) bond motifs is 1. The van der Waals surface area contributed by atoms with Crippen LogP contribution in [-0.4, -0.2) is 0 Å². The van der Waals surface area contributed by atoms with Crippen LogP contribution in [-0.2, 0) is 0 Å². The molecular formula is C24H38. The van der Waals surface area contributed by atoms with Gasteiger partial charge in [-0.3, -0.25) is 0 Å². The zero-order valence-corrected chi connectivity index (χ0v) is 14.9. The Labute approximate surface area is 151 Å². The molecule has 0 amide bonds. The summed E-state index contributed by atoms with van der Waals surface area (Å²) in [7, 11) is 0. The highest BCUT2D eigenvalue weighted by Crippen LogP contribution is 2.11. The Morgan fingerprint density at radius 1 is 0.417 bits per heavy atom. The molecule has 0 nitrogen and oxygen atoms in total. The van der Waals surface area contributed by atoms with Crippen molar-refractivity contribution in [1.82, 2.24) is 0 Å². The summed E-state index contributed by atoms with van der Waals surface area (Å²) in [6.07, 6.45) is 0. The molecule has 3 aromatic carbocycles. The Kier molecular flexibility index (Phi) is 19.3. The standard InChI is InChI=1S/C10H8.C8H10.2C2H6.2CH4/c1-2-6-10-8-4-3-7-9(10)5-1;1-7-3-5-8(2)6-4-7;2*1-2;;/h1-8H;3-6H,1-2H3;2*1-2H3;2*1H4. The quantitative estimate of drug-likeness (QED) is 0.388. The SMILES string of the molecule is C.C.CC.CC.Cc1ccc(C)cc1.c1ccc2ccccc2c1. The zero-order valence-electron chi connectivity index (χ0n) is 14.9. The van der Waals surface area contributed by atoms with Gasteiger partial charge in [0.2, 0.25) is 0 Å². The van der Waals surface area contributed by atoms with Crippen LogP contribution in [0.4, 0.5) is 0 Å². The Hall–Kier alpha value is -2.08. The van der Waals surface area contributed by atoms with Crippen LogP contribution in [0.3, 0.4) is 0 Å². The summed E-state index contributed by atoms with van der Waals surface area (Å²) < 4.78 is 0. The van der Waals surface area contributed by atoms with Gasteiger partial charge in [-0.1, -0.05) is 126 Å². The van der Waals surface area contributed by atoms with Crippen LogP contribution in [0.25, 0.3) is 10.8 Å². The minimum Gasteiger partial charge on any atom is -0.0776 e. The highest BCUT2D eigenvalue weighted by atomic mass is 13.9. The maximum atomic E-state index is 2.12. The van der Waals surface area contributed by atoms with Crippen molar-refractivity contribution in [3.05, 3.63) is 83.9 Å². The molecule has 0 radical (unpaired) electrons. The first-order chi connectivity index (χ1) is 10.8. The number of rotatable bonds is 0. The summed E-state index contributed by atoms with van der Waals surface area (Å²) in [5, 5.41) is 2.62. The van der Waals surface area contributed by atoms with E-state index >= 15 is 0 Å². The van der Waals surface area contributed by atoms with Crippen LogP contribution >= 0.6 is 0 Å². The molecule has 0 fully saturated rings. The highest BCUT2D eigenvalue weighted by molar-refractivity contribution is 5.81. The normalized spacial score (nSPS) is 7.75. The molecule has 0 atom stereocenters. The third kappa shape index (κ3) is 10.6. The van der Waals surface area contributed by atoms with Crippen molar-refractivity contribution < 1.29 is 0 Å². The second-order valence-corrected chi connectivity index (χ2v) is 4.50. The fourth-order valence-corrected chi connectivity index (χ4v) is 1.77. The van der Waals surface area contributed by atoms with E-state index in [1.165, 1.54) is 21.9 Å². The zero-order chi connectivity index (χ0) is 16.8. The number of benzene rings is 3. The molecule has 0 aliphatic carbocycles. The van der Waals surface area contributed by atoms with Crippen LogP contribution in [0.1, 0.15) is 53.7 Å². The minimum absolute atomic E-state index is 0. The van der Waals surface area contributed by atoms with Gasteiger partial charge in [0.1, 0.15) is 0 Å². The lowest BCUT2D eigenvalue weighted by Gasteiger charge is -1.92. The van der Waals surface area contributed by atoms with Gasteiger partial charge in [0.25, 0.3) is 0 Å². The molecule has 0 aliphatic heterocycles. The van der Waals surface area contributed by atoms with E-state index in [2.05, 4.69) is 86.6 Å². The Balaban J connectivity index is -0.000000289. The predicted octanol–water partition coefficient (Wildman–Crippen LogP) is 8.47. The summed E-state index contributed by atoms with van der Waals surface area (Å²) in [4.78, 5) is 0. The first kappa shape index (κ1) is 26.8. The molecule has 0 aromatic heterocycles. The molecule has 0 heteroatoms. The molecule has 0 N–H and O–H groups in total. The van der Waals surface area contributed by atoms with Crippen LogP contribution in [0.2, 0.25) is 0 Å². The van der Waals surface area contributed by atoms with Crippen LogP contribution in [0.15, 0.2) is 72.8 Å². The van der Waals surface area contributed by atoms with Crippen molar-refractivity contribution in [3.63, 3.8) is 0 Å². The molecule has 24 heavy (non-hydrogen) atoms. The molecule has 0 saturated carbocycles. The fraction of sp³-hybridized carbons (Fsp3) is 0.333. The average molecular weight is 327 g/mol. The van der Waals surface area contributed by atoms with Crippen LogP contribution in [0.5, 0.6) is 0 Å². The van der Waals surface area contributed by atoms with E-state index in [0.717, 1.165) is 0 Å². The summed E-state index contributed by atoms with van der Waals surface area (Å²) >= 11 is 0. The van der Waals surface area contributed by atoms with Gasteiger partial charge < -0.3 is 0 Å². The molecule has 0 unspecified atom stereocenters. The number of aryl methyl sites for hydroxylation is 2. The van der Waals surface area contributed by atoms with Gasteiger partial charge in [-0.2, -0.15) is 0 Å². The lowest BCUT2D eigenvalue weighted by Crippen LogP contribution is -1.70. The van der Waals surface area contributed by atoms with Crippen molar-refractivity contribution in [2.45, 2.75) is 56.4 Å². The molecule has 3 aromatic rings. The molecule has 134 valence electrons. The van der Waals surface area contributed by atoms with E-state index in [0.29, 0.717) is 0 Å². The van der Waals surface area contributed by atoms with Gasteiger partial charge in [-0.15, -0.1) is 0 Å². The van der Waals surface area contributed by atoms with Gasteiger partial charge in [-0.05, 0) is 24.6 Å². The molecule has 0 heterocycles. The Morgan fingerprint density at radius 3 is 0.833 bits per heavy atom. The third-order valence-corrected chi connectivity index (χ3v) is 2.88. The molecule has 0 aliphatic rings. The van der Waals surface area contributed by atoms with Crippen molar-refractivity contribution in [2.24, 2.45) is 0 Å². The summed E-state index contributed by atoms with van der Waals surface area (Å²) in [6, 6.07) is 25.2. The van der Waals surface area contributed by atoms with Crippen molar-refractivity contribution >= 4 is 10.8 Å². The van der Waals surface area contributed by atoms with Crippen LogP contribution in [0, 0.1) is 13.8 Å². The predicted molar refractivity (Wildman–Crippen MR) is 116 cm³/mol. The first-order valence-corrected chi connectivity index (χ1v) is 8.23. The second-order valence-electron chi connectivity index (χ2n) is 4.50. The van der Waals surface area contributed by atoms with Crippen molar-refractivity contribution in [1.29, 1.82) is 0 Å². The topological polar surface area (TPSA) is 0 Å². The summed E-state index contributed by atoms with van der Waals surface area (Å²) in [5.74, 6) is 0. The third-order valence-electron chi connectivity index (χ3n) is 2.88. The van der Waals surface area contributed by atoms with Gasteiger partial charge in [-0.25, -0.2) is 0 Å². The number of hydrogen-bond donors (Lipinski definition) is 0. The van der Waals surface area contributed by atoms with Crippen molar-refractivity contribution in [3.8, 4) is 0 Å². The molecule has 3 rings (SSSR count). The number of hydrogen-bond acceptors (Lipinski definition) is 0. The fourth-order valence-electron chi connectivity index (χ4n) is 1.77. The summed E-state index contributed by atoms with van der Waals surface area (Å²) in [6.45, 7) is 12.2. The smallest absolute Gasteiger partial charge is 0.0184 e. The van der Waals surface area contributed by atoms with E-state index in [4.69, 9.17) is 0 Å². The van der Waals surface area contributed by atoms with E-state index in [1.54, 1.807) is 0 Å². The van der Waals surface area contributed by atoms with E-state index in [9.17, 15) is 0 Å². The van der Waals surface area contributed by atoms with Crippen molar-refractivity contribution in [2.75, 3.05) is 0 Å². The summed E-state index contributed by atoms with van der Waals surface area (Å²) in [5.41, 5.74) is 2.66. The van der Waals surface area contributed by atoms with Gasteiger partial charge in [0, 0.05) is 0 Å². The molecular weight excluding hydrogens is 288 g/mol. The molecule has 0 spiro atoms. The largest absolute Gasteiger partial charge is 0.0776 e. The van der Waals surface area contributed by atoms with Crippen LogP contribution < -0.4 is 0 Å². The van der Waals surface area contributed by atoms with Gasteiger partial charge in [0.15, 0.2) is 0 Å². The Bertz CT molecular complexity index is 520. The van der Waals surface area contributed by atoms with E-state index < -0.39 is 0 Å². The first-order valence-electron chi connectivity index (χ1n) is 8.23. The van der Waals surface area contributed by atoms with E-state index in [1.807, 2.05) is 27.7 Å². The lowest BCUT2D eigenvalue weighted by atomic mass is 10.1.